The predicted octanol–water partition coefficient (Wildman–Crippen LogP) is 3.37. The molecule has 72 valence electrons. The van der Waals surface area contributed by atoms with Gasteiger partial charge in [0.25, 0.3) is 0 Å². The maximum absolute atomic E-state index is 7.11. The number of hydrogen-bond donors (Lipinski definition) is 0. The van der Waals surface area contributed by atoms with E-state index in [9.17, 15) is 0 Å². The summed E-state index contributed by atoms with van der Waals surface area (Å²) in [6, 6.07) is 0.255. The van der Waals surface area contributed by atoms with Gasteiger partial charge < -0.3 is 4.85 Å². The first-order chi connectivity index (χ1) is 6.07. The van der Waals surface area contributed by atoms with Crippen molar-refractivity contribution in [3.8, 4) is 0 Å². The summed E-state index contributed by atoms with van der Waals surface area (Å²) in [4.78, 5) is 3.70. The van der Waals surface area contributed by atoms with Crippen LogP contribution in [-0.4, -0.2) is 6.04 Å². The lowest BCUT2D eigenvalue weighted by Gasteiger charge is -2.59. The van der Waals surface area contributed by atoms with Gasteiger partial charge in [-0.15, -0.1) is 0 Å². The van der Waals surface area contributed by atoms with E-state index in [4.69, 9.17) is 6.57 Å². The lowest BCUT2D eigenvalue weighted by molar-refractivity contribution is -0.107. The third kappa shape index (κ3) is 1.11. The minimum absolute atomic E-state index is 0.255. The van der Waals surface area contributed by atoms with E-state index in [1.165, 1.54) is 19.3 Å². The lowest BCUT2D eigenvalue weighted by Crippen LogP contribution is -2.54. The van der Waals surface area contributed by atoms with E-state index < -0.39 is 0 Å². The normalized spacial score (nSPS) is 43.1. The molecular weight excluding hydrogens is 158 g/mol. The highest BCUT2D eigenvalue weighted by molar-refractivity contribution is 5.06. The van der Waals surface area contributed by atoms with Crippen LogP contribution < -0.4 is 0 Å². The highest BCUT2D eigenvalue weighted by Crippen LogP contribution is 2.62. The van der Waals surface area contributed by atoms with E-state index in [1.807, 2.05) is 0 Å². The summed E-state index contributed by atoms with van der Waals surface area (Å²) >= 11 is 0. The average molecular weight is 177 g/mol. The fraction of sp³-hybridized carbons (Fsp3) is 0.917. The highest BCUT2D eigenvalue weighted by atomic mass is 14.7. The van der Waals surface area contributed by atoms with Crippen LogP contribution in [0.1, 0.15) is 40.0 Å². The third-order valence-electron chi connectivity index (χ3n) is 4.73. The van der Waals surface area contributed by atoms with Crippen LogP contribution in [0.4, 0.5) is 0 Å². The monoisotopic (exact) mass is 177 g/mol. The molecule has 2 bridgehead atoms. The van der Waals surface area contributed by atoms with Gasteiger partial charge in [0, 0.05) is 12.8 Å². The number of fused-ring (bicyclic) bond motifs is 2. The number of nitrogens with zero attached hydrogens (tertiary/aromatic N) is 1. The van der Waals surface area contributed by atoms with Gasteiger partial charge in [-0.3, -0.25) is 0 Å². The first-order valence-corrected chi connectivity index (χ1v) is 5.44. The molecule has 3 rings (SSSR count). The second-order valence-corrected chi connectivity index (χ2v) is 5.47. The summed E-state index contributed by atoms with van der Waals surface area (Å²) in [7, 11) is 0. The second-order valence-electron chi connectivity index (χ2n) is 5.47. The van der Waals surface area contributed by atoms with Crippen molar-refractivity contribution >= 4 is 0 Å². The molecule has 4 unspecified atom stereocenters. The molecule has 0 aliphatic heterocycles. The molecule has 13 heavy (non-hydrogen) atoms. The van der Waals surface area contributed by atoms with Crippen LogP contribution >= 0.6 is 0 Å². The molecule has 0 spiro atoms. The summed E-state index contributed by atoms with van der Waals surface area (Å²) in [5.74, 6) is 2.50. The maximum atomic E-state index is 7.11. The van der Waals surface area contributed by atoms with Crippen LogP contribution in [0.5, 0.6) is 0 Å². The quantitative estimate of drug-likeness (QED) is 0.541. The Balaban J connectivity index is 2.12. The Labute approximate surface area is 81.3 Å². The van der Waals surface area contributed by atoms with Gasteiger partial charge in [0.05, 0.1) is 0 Å². The van der Waals surface area contributed by atoms with Crippen molar-refractivity contribution in [2.24, 2.45) is 23.2 Å². The summed E-state index contributed by atoms with van der Waals surface area (Å²) in [6.45, 7) is 14.0. The average Bonchev–Trinajstić information content (AvgIpc) is 2.16. The minimum Gasteiger partial charge on any atom is -0.314 e. The van der Waals surface area contributed by atoms with E-state index in [0.717, 1.165) is 11.8 Å². The third-order valence-corrected chi connectivity index (χ3v) is 4.73. The lowest BCUT2D eigenvalue weighted by atomic mass is 9.45. The van der Waals surface area contributed by atoms with Gasteiger partial charge in [-0.1, -0.05) is 13.8 Å². The van der Waals surface area contributed by atoms with Gasteiger partial charge in [0.2, 0.25) is 6.04 Å². The van der Waals surface area contributed by atoms with Crippen molar-refractivity contribution in [1.82, 2.24) is 0 Å². The Morgan fingerprint density at radius 3 is 2.54 bits per heavy atom. The smallest absolute Gasteiger partial charge is 0.224 e. The number of hydrogen-bond acceptors (Lipinski definition) is 0. The Morgan fingerprint density at radius 1 is 1.38 bits per heavy atom. The molecule has 1 heteroatoms. The molecule has 0 aromatic heterocycles. The molecule has 0 radical (unpaired) electrons. The van der Waals surface area contributed by atoms with Crippen LogP contribution in [0.2, 0.25) is 0 Å². The van der Waals surface area contributed by atoms with E-state index in [1.54, 1.807) is 0 Å². The first-order valence-electron chi connectivity index (χ1n) is 5.44. The van der Waals surface area contributed by atoms with Crippen molar-refractivity contribution in [3.63, 3.8) is 0 Å². The zero-order valence-corrected chi connectivity index (χ0v) is 8.88. The molecule has 0 heterocycles. The summed E-state index contributed by atoms with van der Waals surface area (Å²) in [5.41, 5.74) is 0.544. The standard InChI is InChI=1S/C12H19N/c1-8(13-4)10-6-5-9-7-11(10)12(9,2)3/h8-11H,5-7H2,1-3H3. The predicted molar refractivity (Wildman–Crippen MR) is 54.2 cm³/mol. The van der Waals surface area contributed by atoms with E-state index in [-0.39, 0.29) is 6.04 Å². The maximum Gasteiger partial charge on any atom is 0.224 e. The van der Waals surface area contributed by atoms with Crippen LogP contribution in [-0.2, 0) is 0 Å². The number of rotatable bonds is 1. The Bertz CT molecular complexity index is 246. The van der Waals surface area contributed by atoms with Crippen molar-refractivity contribution in [1.29, 1.82) is 0 Å². The zero-order chi connectivity index (χ0) is 9.64. The second kappa shape index (κ2) is 2.74. The van der Waals surface area contributed by atoms with Gasteiger partial charge in [0.1, 0.15) is 0 Å². The summed E-state index contributed by atoms with van der Waals surface area (Å²) < 4.78 is 0. The molecule has 0 aromatic rings. The van der Waals surface area contributed by atoms with Crippen LogP contribution in [0.3, 0.4) is 0 Å². The van der Waals surface area contributed by atoms with E-state index >= 15 is 0 Å². The van der Waals surface area contributed by atoms with Crippen LogP contribution in [0.25, 0.3) is 4.85 Å². The molecule has 3 aliphatic rings. The molecule has 3 aliphatic carbocycles. The Morgan fingerprint density at radius 2 is 2.08 bits per heavy atom. The largest absolute Gasteiger partial charge is 0.314 e. The zero-order valence-electron chi connectivity index (χ0n) is 8.88. The molecule has 0 saturated heterocycles. The fourth-order valence-electron chi connectivity index (χ4n) is 3.54. The van der Waals surface area contributed by atoms with Crippen molar-refractivity contribution in [3.05, 3.63) is 11.4 Å². The molecule has 4 atom stereocenters. The van der Waals surface area contributed by atoms with Crippen molar-refractivity contribution in [2.45, 2.75) is 46.1 Å². The SMILES string of the molecule is [C-]#[N+]C(C)C1CCC2CC1C2(C)C. The van der Waals surface area contributed by atoms with E-state index in [0.29, 0.717) is 11.3 Å². The highest BCUT2D eigenvalue weighted by Gasteiger charge is 2.56. The van der Waals surface area contributed by atoms with Crippen LogP contribution in [0, 0.1) is 29.7 Å². The topological polar surface area (TPSA) is 4.36 Å². The van der Waals surface area contributed by atoms with Gasteiger partial charge >= 0.3 is 0 Å². The van der Waals surface area contributed by atoms with Gasteiger partial charge in [-0.05, 0) is 36.5 Å². The minimum atomic E-state index is 0.255. The molecule has 1 nitrogen and oxygen atoms in total. The fourth-order valence-corrected chi connectivity index (χ4v) is 3.54. The first kappa shape index (κ1) is 9.06. The molecule has 3 fully saturated rings. The molecule has 0 amide bonds. The van der Waals surface area contributed by atoms with Gasteiger partial charge in [0.15, 0.2) is 0 Å². The van der Waals surface area contributed by atoms with Crippen LogP contribution in [0.15, 0.2) is 0 Å². The molecule has 3 saturated carbocycles. The van der Waals surface area contributed by atoms with Crippen molar-refractivity contribution < 1.29 is 0 Å². The molecule has 0 aromatic carbocycles. The van der Waals surface area contributed by atoms with Gasteiger partial charge in [-0.2, -0.15) is 0 Å². The molecular formula is C12H19N. The Kier molecular flexibility index (Phi) is 1.91. The molecule has 0 N–H and O–H groups in total. The Hall–Kier alpha value is -0.510. The van der Waals surface area contributed by atoms with Gasteiger partial charge in [-0.25, -0.2) is 6.57 Å². The van der Waals surface area contributed by atoms with E-state index in [2.05, 4.69) is 25.6 Å². The summed E-state index contributed by atoms with van der Waals surface area (Å²) in [6.07, 6.45) is 4.08. The van der Waals surface area contributed by atoms with Crippen molar-refractivity contribution in [2.75, 3.05) is 0 Å². The summed E-state index contributed by atoms with van der Waals surface area (Å²) in [5, 5.41) is 0.